The predicted octanol–water partition coefficient (Wildman–Crippen LogP) is 3.81. The number of para-hydroxylation sites is 1. The van der Waals surface area contributed by atoms with Crippen LogP contribution in [-0.4, -0.2) is 13.2 Å². The molecule has 1 heterocycles. The van der Waals surface area contributed by atoms with Crippen LogP contribution >= 0.6 is 0 Å². The van der Waals surface area contributed by atoms with Crippen LogP contribution < -0.4 is 10.2 Å². The van der Waals surface area contributed by atoms with Crippen molar-refractivity contribution >= 4 is 5.69 Å². The van der Waals surface area contributed by atoms with Gasteiger partial charge in [0.25, 0.3) is 0 Å². The number of hydrogen-bond donors (Lipinski definition) is 1. The first-order valence-corrected chi connectivity index (χ1v) is 6.88. The molecule has 2 nitrogen and oxygen atoms in total. The van der Waals surface area contributed by atoms with E-state index in [9.17, 15) is 0 Å². The van der Waals surface area contributed by atoms with Gasteiger partial charge in [-0.15, -0.1) is 0 Å². The van der Waals surface area contributed by atoms with Gasteiger partial charge in [-0.2, -0.15) is 0 Å². The molecule has 1 aromatic carbocycles. The van der Waals surface area contributed by atoms with E-state index in [4.69, 9.17) is 0 Å². The number of nitrogens with zero attached hydrogens (tertiary/aromatic N) is 1. The molecule has 0 unspecified atom stereocenters. The van der Waals surface area contributed by atoms with Crippen LogP contribution in [0.5, 0.6) is 0 Å². The van der Waals surface area contributed by atoms with E-state index in [-0.39, 0.29) is 0 Å². The van der Waals surface area contributed by atoms with Gasteiger partial charge < -0.3 is 4.90 Å². The van der Waals surface area contributed by atoms with Crippen LogP contribution in [0.4, 0.5) is 5.69 Å². The summed E-state index contributed by atoms with van der Waals surface area (Å²) in [6.45, 7) is 10.9. The minimum atomic E-state index is 0.550. The zero-order valence-corrected chi connectivity index (χ0v) is 11.9. The Morgan fingerprint density at radius 3 is 2.11 bits per heavy atom. The lowest BCUT2D eigenvalue weighted by Gasteiger charge is -2.31. The van der Waals surface area contributed by atoms with Gasteiger partial charge in [0.2, 0.25) is 0 Å². The second kappa shape index (κ2) is 5.57. The highest BCUT2D eigenvalue weighted by Gasteiger charge is 2.18. The summed E-state index contributed by atoms with van der Waals surface area (Å²) >= 11 is 0. The van der Waals surface area contributed by atoms with E-state index < -0.39 is 0 Å². The minimum Gasteiger partial charge on any atom is -0.335 e. The zero-order chi connectivity index (χ0) is 13.1. The molecule has 1 aliphatic heterocycles. The number of benzene rings is 1. The Hall–Kier alpha value is -1.28. The van der Waals surface area contributed by atoms with Crippen molar-refractivity contribution in [2.24, 2.45) is 0 Å². The molecular formula is C16H24N2. The molecule has 0 fully saturated rings. The van der Waals surface area contributed by atoms with Crippen molar-refractivity contribution in [2.45, 2.75) is 39.5 Å². The largest absolute Gasteiger partial charge is 0.335 e. The van der Waals surface area contributed by atoms with E-state index >= 15 is 0 Å². The smallest absolute Gasteiger partial charge is 0.0728 e. The van der Waals surface area contributed by atoms with Crippen LogP contribution in [0.2, 0.25) is 0 Å². The van der Waals surface area contributed by atoms with Gasteiger partial charge in [0.15, 0.2) is 0 Å². The molecule has 98 valence electrons. The molecule has 0 atom stereocenters. The fraction of sp³-hybridized carbons (Fsp3) is 0.500. The van der Waals surface area contributed by atoms with E-state index in [1.165, 1.54) is 16.8 Å². The number of rotatable bonds is 3. The Kier molecular flexibility index (Phi) is 4.07. The van der Waals surface area contributed by atoms with Crippen LogP contribution in [-0.2, 0) is 0 Å². The lowest BCUT2D eigenvalue weighted by molar-refractivity contribution is 0.707. The summed E-state index contributed by atoms with van der Waals surface area (Å²) in [7, 11) is 0. The second-order valence-electron chi connectivity index (χ2n) is 5.56. The lowest BCUT2D eigenvalue weighted by Crippen LogP contribution is -2.35. The Morgan fingerprint density at radius 2 is 1.67 bits per heavy atom. The predicted molar refractivity (Wildman–Crippen MR) is 79.1 cm³/mol. The maximum Gasteiger partial charge on any atom is 0.0728 e. The summed E-state index contributed by atoms with van der Waals surface area (Å²) in [4.78, 5) is 2.34. The topological polar surface area (TPSA) is 15.3 Å². The standard InChI is InChI=1S/C16H24N2/c1-12(2)14-7-5-8-15(13(3)4)16(14)18-10-6-9-17-11-18/h5-8,10,12-13,17H,9,11H2,1-4H3. The van der Waals surface area contributed by atoms with Crippen LogP contribution in [0.15, 0.2) is 30.5 Å². The Labute approximate surface area is 111 Å². The molecule has 0 bridgehead atoms. The van der Waals surface area contributed by atoms with Crippen molar-refractivity contribution < 1.29 is 0 Å². The fourth-order valence-electron chi connectivity index (χ4n) is 2.50. The molecule has 0 saturated carbocycles. The summed E-state index contributed by atoms with van der Waals surface area (Å²) in [5.74, 6) is 1.10. The molecular weight excluding hydrogens is 220 g/mol. The van der Waals surface area contributed by atoms with Gasteiger partial charge in [-0.05, 0) is 23.0 Å². The maximum absolute atomic E-state index is 3.40. The van der Waals surface area contributed by atoms with Crippen molar-refractivity contribution in [3.05, 3.63) is 41.6 Å². The highest BCUT2D eigenvalue weighted by Crippen LogP contribution is 2.35. The van der Waals surface area contributed by atoms with Crippen LogP contribution in [0.3, 0.4) is 0 Å². The Balaban J connectivity index is 2.52. The molecule has 18 heavy (non-hydrogen) atoms. The third-order valence-electron chi connectivity index (χ3n) is 3.46. The molecule has 1 N–H and O–H groups in total. The van der Waals surface area contributed by atoms with Crippen LogP contribution in [0.1, 0.15) is 50.7 Å². The summed E-state index contributed by atoms with van der Waals surface area (Å²) in [6.07, 6.45) is 4.40. The minimum absolute atomic E-state index is 0.550. The first-order valence-electron chi connectivity index (χ1n) is 6.88. The van der Waals surface area contributed by atoms with E-state index in [0.29, 0.717) is 11.8 Å². The number of nitrogens with one attached hydrogen (secondary N) is 1. The molecule has 2 heteroatoms. The van der Waals surface area contributed by atoms with E-state index in [0.717, 1.165) is 13.2 Å². The zero-order valence-electron chi connectivity index (χ0n) is 11.9. The number of anilines is 1. The van der Waals surface area contributed by atoms with Crippen molar-refractivity contribution in [3.8, 4) is 0 Å². The fourth-order valence-corrected chi connectivity index (χ4v) is 2.50. The highest BCUT2D eigenvalue weighted by molar-refractivity contribution is 5.63. The molecule has 0 saturated heterocycles. The average Bonchev–Trinajstić information content (AvgIpc) is 2.38. The van der Waals surface area contributed by atoms with Gasteiger partial charge in [-0.1, -0.05) is 52.0 Å². The molecule has 1 aliphatic rings. The first-order chi connectivity index (χ1) is 8.61. The lowest BCUT2D eigenvalue weighted by atomic mass is 9.92. The molecule has 0 radical (unpaired) electrons. The summed E-state index contributed by atoms with van der Waals surface area (Å²) in [6, 6.07) is 6.71. The van der Waals surface area contributed by atoms with Gasteiger partial charge in [0.05, 0.1) is 6.67 Å². The maximum atomic E-state index is 3.40. The summed E-state index contributed by atoms with van der Waals surface area (Å²) in [5.41, 5.74) is 4.27. The Morgan fingerprint density at radius 1 is 1.06 bits per heavy atom. The quantitative estimate of drug-likeness (QED) is 0.869. The van der Waals surface area contributed by atoms with Crippen LogP contribution in [0.25, 0.3) is 0 Å². The molecule has 1 aromatic rings. The van der Waals surface area contributed by atoms with Gasteiger partial charge in [0.1, 0.15) is 0 Å². The van der Waals surface area contributed by atoms with E-state index in [1.54, 1.807) is 0 Å². The van der Waals surface area contributed by atoms with Gasteiger partial charge in [0, 0.05) is 18.4 Å². The van der Waals surface area contributed by atoms with Gasteiger partial charge in [-0.25, -0.2) is 0 Å². The van der Waals surface area contributed by atoms with E-state index in [1.807, 2.05) is 0 Å². The average molecular weight is 244 g/mol. The number of hydrogen-bond acceptors (Lipinski definition) is 2. The normalized spacial score (nSPS) is 15.8. The van der Waals surface area contributed by atoms with Crippen molar-refractivity contribution in [3.63, 3.8) is 0 Å². The van der Waals surface area contributed by atoms with E-state index in [2.05, 4.69) is 68.4 Å². The SMILES string of the molecule is CC(C)c1cccc(C(C)C)c1N1C=CCNC1. The molecule has 0 aliphatic carbocycles. The van der Waals surface area contributed by atoms with Crippen molar-refractivity contribution in [1.29, 1.82) is 0 Å². The molecule has 0 aromatic heterocycles. The highest BCUT2D eigenvalue weighted by atomic mass is 15.2. The Bertz CT molecular complexity index is 406. The molecule has 0 spiro atoms. The first kappa shape index (κ1) is 13.2. The van der Waals surface area contributed by atoms with Gasteiger partial charge in [-0.3, -0.25) is 5.32 Å². The van der Waals surface area contributed by atoms with Crippen LogP contribution in [0, 0.1) is 0 Å². The third-order valence-corrected chi connectivity index (χ3v) is 3.46. The van der Waals surface area contributed by atoms with Crippen molar-refractivity contribution in [1.82, 2.24) is 5.32 Å². The second-order valence-corrected chi connectivity index (χ2v) is 5.56. The monoisotopic (exact) mass is 244 g/mol. The summed E-state index contributed by atoms with van der Waals surface area (Å²) in [5, 5.41) is 3.40. The summed E-state index contributed by atoms with van der Waals surface area (Å²) < 4.78 is 0. The molecule has 0 amide bonds. The third kappa shape index (κ3) is 2.59. The van der Waals surface area contributed by atoms with Gasteiger partial charge >= 0.3 is 0 Å². The molecule has 2 rings (SSSR count). The van der Waals surface area contributed by atoms with Crippen molar-refractivity contribution in [2.75, 3.05) is 18.1 Å².